The minimum atomic E-state index is 0.269. The topological polar surface area (TPSA) is 51.6 Å². The largest absolute Gasteiger partial charge is 0.361 e. The third-order valence-corrected chi connectivity index (χ3v) is 2.96. The van der Waals surface area contributed by atoms with Crippen LogP contribution in [0.2, 0.25) is 0 Å². The second kappa shape index (κ2) is 5.51. The van der Waals surface area contributed by atoms with Gasteiger partial charge in [0.05, 0.1) is 12.5 Å². The molecule has 1 atom stereocenters. The van der Waals surface area contributed by atoms with Gasteiger partial charge in [-0.25, -0.2) is 0 Å². The summed E-state index contributed by atoms with van der Waals surface area (Å²) in [6.45, 7) is 2.95. The number of para-hydroxylation sites is 1. The molecule has 0 aliphatic heterocycles. The van der Waals surface area contributed by atoms with Crippen LogP contribution in [0, 0.1) is 11.3 Å². The first-order valence-electron chi connectivity index (χ1n) is 5.96. The summed E-state index contributed by atoms with van der Waals surface area (Å²) in [4.78, 5) is 3.27. The van der Waals surface area contributed by atoms with Gasteiger partial charge in [0.25, 0.3) is 0 Å². The highest BCUT2D eigenvalue weighted by Crippen LogP contribution is 2.17. The number of nitriles is 1. The number of fused-ring (bicyclic) bond motifs is 1. The molecule has 3 heteroatoms. The van der Waals surface area contributed by atoms with E-state index in [1.54, 1.807) is 0 Å². The lowest BCUT2D eigenvalue weighted by Crippen LogP contribution is -2.27. The maximum Gasteiger partial charge on any atom is 0.0638 e. The Hall–Kier alpha value is -1.79. The van der Waals surface area contributed by atoms with Crippen molar-refractivity contribution in [1.82, 2.24) is 10.3 Å². The van der Waals surface area contributed by atoms with Crippen LogP contribution in [0.1, 0.15) is 18.9 Å². The molecule has 88 valence electrons. The SMILES string of the molecule is CC(CC#N)NCCc1c[nH]c2ccccc12. The molecule has 1 unspecified atom stereocenters. The highest BCUT2D eigenvalue weighted by molar-refractivity contribution is 5.83. The van der Waals surface area contributed by atoms with Crippen LogP contribution in [0.15, 0.2) is 30.5 Å². The molecule has 1 aromatic carbocycles. The summed E-state index contributed by atoms with van der Waals surface area (Å²) in [5, 5.41) is 13.2. The number of rotatable bonds is 5. The summed E-state index contributed by atoms with van der Waals surface area (Å²) in [7, 11) is 0. The predicted octanol–water partition coefficient (Wildman–Crippen LogP) is 2.60. The van der Waals surface area contributed by atoms with E-state index < -0.39 is 0 Å². The van der Waals surface area contributed by atoms with Crippen molar-refractivity contribution in [3.8, 4) is 6.07 Å². The van der Waals surface area contributed by atoms with Crippen LogP contribution in [-0.4, -0.2) is 17.6 Å². The van der Waals surface area contributed by atoms with E-state index in [2.05, 4.69) is 40.8 Å². The first-order chi connectivity index (χ1) is 8.31. The van der Waals surface area contributed by atoms with Gasteiger partial charge in [-0.05, 0) is 31.5 Å². The van der Waals surface area contributed by atoms with Gasteiger partial charge in [-0.15, -0.1) is 0 Å². The van der Waals surface area contributed by atoms with Gasteiger partial charge < -0.3 is 10.3 Å². The van der Waals surface area contributed by atoms with Crippen LogP contribution in [0.25, 0.3) is 10.9 Å². The Morgan fingerprint density at radius 3 is 3.06 bits per heavy atom. The van der Waals surface area contributed by atoms with E-state index in [-0.39, 0.29) is 6.04 Å². The van der Waals surface area contributed by atoms with Crippen molar-refractivity contribution in [2.45, 2.75) is 25.8 Å². The molecule has 2 N–H and O–H groups in total. The number of benzene rings is 1. The van der Waals surface area contributed by atoms with Gasteiger partial charge in [0, 0.05) is 23.1 Å². The third-order valence-electron chi connectivity index (χ3n) is 2.96. The summed E-state index contributed by atoms with van der Waals surface area (Å²) in [6.07, 6.45) is 3.62. The molecule has 0 saturated carbocycles. The molecule has 2 rings (SSSR count). The molecule has 17 heavy (non-hydrogen) atoms. The van der Waals surface area contributed by atoms with Crippen molar-refractivity contribution in [2.24, 2.45) is 0 Å². The average molecular weight is 227 g/mol. The average Bonchev–Trinajstić information content (AvgIpc) is 2.73. The first kappa shape index (κ1) is 11.7. The fourth-order valence-corrected chi connectivity index (χ4v) is 2.00. The predicted molar refractivity (Wildman–Crippen MR) is 69.7 cm³/mol. The van der Waals surface area contributed by atoms with Crippen LogP contribution < -0.4 is 5.32 Å². The fraction of sp³-hybridized carbons (Fsp3) is 0.357. The number of nitrogens with one attached hydrogen (secondary N) is 2. The Bertz CT molecular complexity index is 521. The number of hydrogen-bond acceptors (Lipinski definition) is 2. The second-order valence-corrected chi connectivity index (χ2v) is 4.33. The Labute approximate surface area is 101 Å². The molecule has 1 heterocycles. The van der Waals surface area contributed by atoms with E-state index in [9.17, 15) is 0 Å². The van der Waals surface area contributed by atoms with Crippen molar-refractivity contribution in [2.75, 3.05) is 6.54 Å². The molecule has 0 spiro atoms. The fourth-order valence-electron chi connectivity index (χ4n) is 2.00. The molecular weight excluding hydrogens is 210 g/mol. The van der Waals surface area contributed by atoms with Crippen molar-refractivity contribution in [3.63, 3.8) is 0 Å². The molecule has 1 aromatic heterocycles. The number of aromatic nitrogens is 1. The summed E-state index contributed by atoms with van der Waals surface area (Å²) >= 11 is 0. The maximum absolute atomic E-state index is 8.57. The minimum Gasteiger partial charge on any atom is -0.361 e. The van der Waals surface area contributed by atoms with Crippen LogP contribution in [0.3, 0.4) is 0 Å². The van der Waals surface area contributed by atoms with E-state index in [1.807, 2.05) is 13.0 Å². The minimum absolute atomic E-state index is 0.269. The van der Waals surface area contributed by atoms with Crippen molar-refractivity contribution >= 4 is 10.9 Å². The molecule has 0 radical (unpaired) electrons. The van der Waals surface area contributed by atoms with Gasteiger partial charge in [0.2, 0.25) is 0 Å². The summed E-state index contributed by atoms with van der Waals surface area (Å²) in [5.41, 5.74) is 2.52. The zero-order valence-electron chi connectivity index (χ0n) is 10.0. The third kappa shape index (κ3) is 2.86. The van der Waals surface area contributed by atoms with E-state index in [4.69, 9.17) is 5.26 Å². The van der Waals surface area contributed by atoms with Gasteiger partial charge in [-0.1, -0.05) is 18.2 Å². The standard InChI is InChI=1S/C14H17N3/c1-11(6-8-15)16-9-7-12-10-17-14-5-3-2-4-13(12)14/h2-5,10-11,16-17H,6-7,9H2,1H3. The van der Waals surface area contributed by atoms with E-state index in [0.717, 1.165) is 13.0 Å². The highest BCUT2D eigenvalue weighted by atomic mass is 14.9. The zero-order valence-corrected chi connectivity index (χ0v) is 10.0. The van der Waals surface area contributed by atoms with Crippen molar-refractivity contribution in [3.05, 3.63) is 36.0 Å². The van der Waals surface area contributed by atoms with Crippen LogP contribution in [0.5, 0.6) is 0 Å². The van der Waals surface area contributed by atoms with Crippen molar-refractivity contribution in [1.29, 1.82) is 5.26 Å². The molecule has 0 fully saturated rings. The van der Waals surface area contributed by atoms with Gasteiger partial charge in [-0.2, -0.15) is 5.26 Å². The first-order valence-corrected chi connectivity index (χ1v) is 5.96. The van der Waals surface area contributed by atoms with Gasteiger partial charge in [-0.3, -0.25) is 0 Å². The van der Waals surface area contributed by atoms with Gasteiger partial charge in [0.1, 0.15) is 0 Å². The van der Waals surface area contributed by atoms with E-state index in [1.165, 1.54) is 16.5 Å². The van der Waals surface area contributed by atoms with Crippen molar-refractivity contribution < 1.29 is 0 Å². The second-order valence-electron chi connectivity index (χ2n) is 4.33. The molecule has 0 saturated heterocycles. The number of aromatic amines is 1. The van der Waals surface area contributed by atoms with Gasteiger partial charge >= 0.3 is 0 Å². The zero-order chi connectivity index (χ0) is 12.1. The Balaban J connectivity index is 1.93. The lowest BCUT2D eigenvalue weighted by atomic mass is 10.1. The van der Waals surface area contributed by atoms with Gasteiger partial charge in [0.15, 0.2) is 0 Å². The maximum atomic E-state index is 8.57. The quantitative estimate of drug-likeness (QED) is 0.825. The summed E-state index contributed by atoms with van der Waals surface area (Å²) < 4.78 is 0. The molecule has 0 aliphatic rings. The number of nitrogens with zero attached hydrogens (tertiary/aromatic N) is 1. The van der Waals surface area contributed by atoms with Crippen LogP contribution >= 0.6 is 0 Å². The Kier molecular flexibility index (Phi) is 3.79. The van der Waals surface area contributed by atoms with E-state index in [0.29, 0.717) is 6.42 Å². The number of hydrogen-bond donors (Lipinski definition) is 2. The number of H-pyrrole nitrogens is 1. The molecule has 3 nitrogen and oxygen atoms in total. The lowest BCUT2D eigenvalue weighted by Gasteiger charge is -2.09. The van der Waals surface area contributed by atoms with E-state index >= 15 is 0 Å². The summed E-state index contributed by atoms with van der Waals surface area (Å²) in [6, 6.07) is 10.8. The molecular formula is C14H17N3. The van der Waals surface area contributed by atoms with Crippen LogP contribution in [-0.2, 0) is 6.42 Å². The van der Waals surface area contributed by atoms with Crippen LogP contribution in [0.4, 0.5) is 0 Å². The summed E-state index contributed by atoms with van der Waals surface area (Å²) in [5.74, 6) is 0. The smallest absolute Gasteiger partial charge is 0.0638 e. The Morgan fingerprint density at radius 1 is 1.41 bits per heavy atom. The highest BCUT2D eigenvalue weighted by Gasteiger charge is 2.04. The Morgan fingerprint density at radius 2 is 2.24 bits per heavy atom. The molecule has 2 aromatic rings. The molecule has 0 aliphatic carbocycles. The monoisotopic (exact) mass is 227 g/mol. The normalized spacial score (nSPS) is 12.5. The molecule has 0 bridgehead atoms. The lowest BCUT2D eigenvalue weighted by molar-refractivity contribution is 0.560. The molecule has 0 amide bonds.